The molecule has 12 heteroatoms. The standard InChI is InChI=1S/C28H17Cl2N3O4S3/c1-14-2-10-22-24(25(14)40(35,36)37)39-28(33-22)17-6-11-21-23(13-17)38-27(32-21)15-3-7-18(8-4-15)31-26(34)16-5-9-19(29)20(30)12-16/h2-13H,1H3,(H,31,34)(H,35,36,37)/p-1. The average Bonchev–Trinajstić information content (AvgIpc) is 3.53. The van der Waals surface area contributed by atoms with Gasteiger partial charge in [-0.15, -0.1) is 22.7 Å². The smallest absolute Gasteiger partial charge is 0.255 e. The van der Waals surface area contributed by atoms with Crippen LogP contribution in [-0.4, -0.2) is 28.8 Å². The second-order valence-corrected chi connectivity index (χ2v) is 13.1. The van der Waals surface area contributed by atoms with E-state index in [9.17, 15) is 17.8 Å². The number of fused-ring (bicyclic) bond motifs is 2. The molecule has 6 rings (SSSR count). The second-order valence-electron chi connectivity index (χ2n) is 8.89. The van der Waals surface area contributed by atoms with Crippen LogP contribution in [0.5, 0.6) is 0 Å². The van der Waals surface area contributed by atoms with Gasteiger partial charge in [-0.05, 0) is 79.2 Å². The van der Waals surface area contributed by atoms with Crippen molar-refractivity contribution in [3.8, 4) is 21.1 Å². The van der Waals surface area contributed by atoms with E-state index in [2.05, 4.69) is 10.3 Å². The number of hydrogen-bond acceptors (Lipinski definition) is 8. The average molecular weight is 626 g/mol. The fourth-order valence-corrected chi connectivity index (χ4v) is 7.81. The summed E-state index contributed by atoms with van der Waals surface area (Å²) >= 11 is 14.6. The van der Waals surface area contributed by atoms with Crippen molar-refractivity contribution < 1.29 is 17.8 Å². The maximum atomic E-state index is 12.6. The van der Waals surface area contributed by atoms with Crippen molar-refractivity contribution >= 4 is 88.0 Å². The molecule has 4 aromatic carbocycles. The Morgan fingerprint density at radius 3 is 2.23 bits per heavy atom. The molecule has 0 saturated carbocycles. The highest BCUT2D eigenvalue weighted by Crippen LogP contribution is 2.38. The van der Waals surface area contributed by atoms with Crippen LogP contribution in [0.1, 0.15) is 15.9 Å². The van der Waals surface area contributed by atoms with Crippen molar-refractivity contribution in [1.82, 2.24) is 9.97 Å². The van der Waals surface area contributed by atoms with Gasteiger partial charge in [-0.2, -0.15) is 0 Å². The highest BCUT2D eigenvalue weighted by Gasteiger charge is 2.17. The Balaban J connectivity index is 1.27. The minimum absolute atomic E-state index is 0.216. The Bertz CT molecular complexity index is 2070. The molecular formula is C28H16Cl2N3O4S3-. The fraction of sp³-hybridized carbons (Fsp3) is 0.0357. The maximum Gasteiger partial charge on any atom is 0.255 e. The molecule has 2 heterocycles. The first-order valence-electron chi connectivity index (χ1n) is 11.7. The number of nitrogens with zero attached hydrogens (tertiary/aromatic N) is 2. The lowest BCUT2D eigenvalue weighted by Gasteiger charge is -2.10. The highest BCUT2D eigenvalue weighted by molar-refractivity contribution is 7.86. The molecule has 0 radical (unpaired) electrons. The molecule has 0 aliphatic heterocycles. The number of aromatic nitrogens is 2. The van der Waals surface area contributed by atoms with Gasteiger partial charge in [0.25, 0.3) is 5.91 Å². The van der Waals surface area contributed by atoms with E-state index >= 15 is 0 Å². The predicted octanol–water partition coefficient (Wildman–Crippen LogP) is 8.01. The molecule has 40 heavy (non-hydrogen) atoms. The molecule has 200 valence electrons. The lowest BCUT2D eigenvalue weighted by Crippen LogP contribution is -2.11. The Hall–Kier alpha value is -3.38. The molecule has 0 bridgehead atoms. The lowest BCUT2D eigenvalue weighted by atomic mass is 10.2. The lowest BCUT2D eigenvalue weighted by molar-refractivity contribution is 0.102. The first kappa shape index (κ1) is 26.8. The van der Waals surface area contributed by atoms with Crippen molar-refractivity contribution in [3.63, 3.8) is 0 Å². The van der Waals surface area contributed by atoms with Crippen molar-refractivity contribution in [2.75, 3.05) is 5.32 Å². The number of halogens is 2. The van der Waals surface area contributed by atoms with Crippen LogP contribution >= 0.6 is 45.9 Å². The summed E-state index contributed by atoms with van der Waals surface area (Å²) in [5, 5.41) is 4.94. The topological polar surface area (TPSA) is 112 Å². The van der Waals surface area contributed by atoms with Gasteiger partial charge in [0.05, 0.1) is 35.4 Å². The summed E-state index contributed by atoms with van der Waals surface area (Å²) in [7, 11) is -4.64. The number of benzene rings is 4. The Morgan fingerprint density at radius 1 is 0.825 bits per heavy atom. The van der Waals surface area contributed by atoms with Crippen molar-refractivity contribution in [3.05, 3.63) is 94.0 Å². The van der Waals surface area contributed by atoms with Crippen molar-refractivity contribution in [2.45, 2.75) is 11.8 Å². The van der Waals surface area contributed by atoms with Gasteiger partial charge in [-0.3, -0.25) is 4.79 Å². The van der Waals surface area contributed by atoms with Crippen LogP contribution in [0.4, 0.5) is 5.69 Å². The number of rotatable bonds is 5. The number of carbonyl (C=O) groups is 1. The van der Waals surface area contributed by atoms with E-state index < -0.39 is 10.1 Å². The van der Waals surface area contributed by atoms with Gasteiger partial charge in [-0.1, -0.05) is 29.3 Å². The van der Waals surface area contributed by atoms with Gasteiger partial charge in [0.15, 0.2) is 0 Å². The number of amides is 1. The van der Waals surface area contributed by atoms with E-state index in [1.165, 1.54) is 28.7 Å². The van der Waals surface area contributed by atoms with Crippen LogP contribution in [0, 0.1) is 6.92 Å². The number of hydrogen-bond donors (Lipinski definition) is 1. The summed E-state index contributed by atoms with van der Waals surface area (Å²) in [5.74, 6) is -0.302. The summed E-state index contributed by atoms with van der Waals surface area (Å²) in [6.45, 7) is 1.60. The summed E-state index contributed by atoms with van der Waals surface area (Å²) in [4.78, 5) is 21.7. The quantitative estimate of drug-likeness (QED) is 0.194. The molecule has 1 N–H and O–H groups in total. The fourth-order valence-electron chi connectivity index (χ4n) is 4.22. The molecular weight excluding hydrogens is 609 g/mol. The maximum absolute atomic E-state index is 12.6. The number of nitrogens with one attached hydrogen (secondary N) is 1. The van der Waals surface area contributed by atoms with Crippen molar-refractivity contribution in [1.29, 1.82) is 0 Å². The van der Waals surface area contributed by atoms with Crippen LogP contribution in [0.2, 0.25) is 10.0 Å². The summed E-state index contributed by atoms with van der Waals surface area (Å²) < 4.78 is 36.9. The third-order valence-corrected chi connectivity index (χ3v) is 10.3. The van der Waals surface area contributed by atoms with E-state index in [-0.39, 0.29) is 10.8 Å². The normalized spacial score (nSPS) is 11.8. The predicted molar refractivity (Wildman–Crippen MR) is 161 cm³/mol. The van der Waals surface area contributed by atoms with Crippen LogP contribution in [0.25, 0.3) is 41.6 Å². The van der Waals surface area contributed by atoms with Gasteiger partial charge in [0.1, 0.15) is 20.1 Å². The molecule has 6 aromatic rings. The van der Waals surface area contributed by atoms with E-state index in [1.807, 2.05) is 30.3 Å². The van der Waals surface area contributed by atoms with Gasteiger partial charge in [0.2, 0.25) is 0 Å². The molecule has 7 nitrogen and oxygen atoms in total. The SMILES string of the molecule is Cc1ccc2nc(-c3ccc4nc(-c5ccc(NC(=O)c6ccc(Cl)c(Cl)c6)cc5)sc4c3)sc2c1S(=O)(=O)[O-]. The Kier molecular flexibility index (Phi) is 6.86. The minimum atomic E-state index is -4.64. The Labute approximate surface area is 246 Å². The van der Waals surface area contributed by atoms with Crippen LogP contribution in [0.3, 0.4) is 0 Å². The second kappa shape index (κ2) is 10.2. The zero-order valence-corrected chi connectivity index (χ0v) is 24.4. The zero-order chi connectivity index (χ0) is 28.2. The van der Waals surface area contributed by atoms with E-state index in [0.717, 1.165) is 26.4 Å². The molecule has 0 fully saturated rings. The Morgan fingerprint density at radius 2 is 1.50 bits per heavy atom. The summed E-state index contributed by atoms with van der Waals surface area (Å²) in [6, 6.07) is 21.1. The number of anilines is 1. The van der Waals surface area contributed by atoms with Crippen LogP contribution < -0.4 is 5.32 Å². The third kappa shape index (κ3) is 5.10. The molecule has 0 aliphatic carbocycles. The molecule has 2 aromatic heterocycles. The van der Waals surface area contributed by atoms with Gasteiger partial charge in [0, 0.05) is 22.4 Å². The van der Waals surface area contributed by atoms with E-state index in [1.54, 1.807) is 43.3 Å². The first-order valence-corrected chi connectivity index (χ1v) is 15.5. The molecule has 0 saturated heterocycles. The number of aryl methyl sites for hydroxylation is 1. The summed E-state index contributed by atoms with van der Waals surface area (Å²) in [5.41, 5.74) is 4.38. The number of thiazole rings is 2. The van der Waals surface area contributed by atoms with E-state index in [4.69, 9.17) is 28.2 Å². The van der Waals surface area contributed by atoms with Crippen LogP contribution in [-0.2, 0) is 10.1 Å². The molecule has 0 atom stereocenters. The van der Waals surface area contributed by atoms with E-state index in [0.29, 0.717) is 42.1 Å². The zero-order valence-electron chi connectivity index (χ0n) is 20.4. The highest BCUT2D eigenvalue weighted by atomic mass is 35.5. The summed E-state index contributed by atoms with van der Waals surface area (Å²) in [6.07, 6.45) is 0. The molecule has 0 spiro atoms. The van der Waals surface area contributed by atoms with Gasteiger partial charge in [-0.25, -0.2) is 18.4 Å². The van der Waals surface area contributed by atoms with Crippen LogP contribution in [0.15, 0.2) is 77.7 Å². The monoisotopic (exact) mass is 624 g/mol. The molecule has 1 amide bonds. The third-order valence-electron chi connectivity index (χ3n) is 6.17. The minimum Gasteiger partial charge on any atom is -0.744 e. The van der Waals surface area contributed by atoms with Gasteiger partial charge >= 0.3 is 0 Å². The number of carbonyl (C=O) groups excluding carboxylic acids is 1. The van der Waals surface area contributed by atoms with Gasteiger partial charge < -0.3 is 9.87 Å². The molecule has 0 unspecified atom stereocenters. The largest absolute Gasteiger partial charge is 0.744 e. The van der Waals surface area contributed by atoms with Crippen molar-refractivity contribution in [2.24, 2.45) is 0 Å². The molecule has 0 aliphatic rings. The first-order chi connectivity index (χ1) is 19.1.